The van der Waals surface area contributed by atoms with Crippen molar-refractivity contribution in [3.63, 3.8) is 0 Å². The zero-order valence-electron chi connectivity index (χ0n) is 12.7. The minimum Gasteiger partial charge on any atom is -0.494 e. The van der Waals surface area contributed by atoms with Gasteiger partial charge in [0.15, 0.2) is 0 Å². The first kappa shape index (κ1) is 15.1. The number of ether oxygens (including phenoxy) is 1. The van der Waals surface area contributed by atoms with Gasteiger partial charge in [-0.2, -0.15) is 0 Å². The number of rotatable bonds is 5. The number of nitrogens with zero attached hydrogens (tertiary/aromatic N) is 1. The standard InChI is InChI=1S/C19H21NO/c1-3-5-14-21-19-12-8-17(9-13-19)7-11-18-10-6-16(4-2)15-20-18/h6,8-10,12-13,15H,3-5,14H2,1-2H3. The van der Waals surface area contributed by atoms with Crippen LogP contribution in [-0.2, 0) is 6.42 Å². The van der Waals surface area contributed by atoms with Crippen LogP contribution in [0, 0.1) is 11.8 Å². The van der Waals surface area contributed by atoms with E-state index in [1.807, 2.05) is 36.5 Å². The van der Waals surface area contributed by atoms with Crippen molar-refractivity contribution >= 4 is 0 Å². The Morgan fingerprint density at radius 1 is 1.00 bits per heavy atom. The van der Waals surface area contributed by atoms with Crippen LogP contribution < -0.4 is 4.74 Å². The molecule has 2 nitrogen and oxygen atoms in total. The number of aryl methyl sites for hydroxylation is 1. The highest BCUT2D eigenvalue weighted by atomic mass is 16.5. The molecule has 0 atom stereocenters. The van der Waals surface area contributed by atoms with Gasteiger partial charge < -0.3 is 4.74 Å². The zero-order chi connectivity index (χ0) is 14.9. The summed E-state index contributed by atoms with van der Waals surface area (Å²) in [6.07, 6.45) is 5.11. The molecule has 0 bridgehead atoms. The number of pyridine rings is 1. The Labute approximate surface area is 127 Å². The third-order valence-electron chi connectivity index (χ3n) is 3.19. The van der Waals surface area contributed by atoms with Crippen LogP contribution in [0.25, 0.3) is 0 Å². The summed E-state index contributed by atoms with van der Waals surface area (Å²) in [4.78, 5) is 4.33. The molecule has 2 aromatic rings. The molecule has 0 saturated heterocycles. The van der Waals surface area contributed by atoms with Gasteiger partial charge in [0.25, 0.3) is 0 Å². The van der Waals surface area contributed by atoms with E-state index in [1.165, 1.54) is 5.56 Å². The smallest absolute Gasteiger partial charge is 0.119 e. The van der Waals surface area contributed by atoms with E-state index < -0.39 is 0 Å². The van der Waals surface area contributed by atoms with Crippen LogP contribution >= 0.6 is 0 Å². The van der Waals surface area contributed by atoms with Gasteiger partial charge in [0.05, 0.1) is 6.61 Å². The average Bonchev–Trinajstić information content (AvgIpc) is 2.55. The molecule has 0 spiro atoms. The molecule has 0 N–H and O–H groups in total. The number of hydrogen-bond acceptors (Lipinski definition) is 2. The van der Waals surface area contributed by atoms with Gasteiger partial charge in [-0.1, -0.05) is 32.3 Å². The van der Waals surface area contributed by atoms with Gasteiger partial charge in [0.2, 0.25) is 0 Å². The maximum atomic E-state index is 5.63. The molecule has 1 aromatic carbocycles. The largest absolute Gasteiger partial charge is 0.494 e. The fourth-order valence-corrected chi connectivity index (χ4v) is 1.81. The van der Waals surface area contributed by atoms with Crippen molar-refractivity contribution in [2.24, 2.45) is 0 Å². The van der Waals surface area contributed by atoms with Crippen molar-refractivity contribution in [2.45, 2.75) is 33.1 Å². The van der Waals surface area contributed by atoms with Crippen LogP contribution in [0.5, 0.6) is 5.75 Å². The second-order valence-electron chi connectivity index (χ2n) is 4.88. The van der Waals surface area contributed by atoms with E-state index in [9.17, 15) is 0 Å². The Kier molecular flexibility index (Phi) is 5.84. The first-order valence-corrected chi connectivity index (χ1v) is 7.51. The summed E-state index contributed by atoms with van der Waals surface area (Å²) in [7, 11) is 0. The lowest BCUT2D eigenvalue weighted by molar-refractivity contribution is 0.309. The Hall–Kier alpha value is -2.27. The maximum absolute atomic E-state index is 5.63. The normalized spacial score (nSPS) is 9.81. The third-order valence-corrected chi connectivity index (χ3v) is 3.19. The quantitative estimate of drug-likeness (QED) is 0.604. The molecule has 21 heavy (non-hydrogen) atoms. The molecule has 0 amide bonds. The van der Waals surface area contributed by atoms with Crippen molar-refractivity contribution in [1.82, 2.24) is 4.98 Å². The molecule has 1 heterocycles. The first-order valence-electron chi connectivity index (χ1n) is 7.51. The number of hydrogen-bond donors (Lipinski definition) is 0. The van der Waals surface area contributed by atoms with E-state index in [4.69, 9.17) is 4.74 Å². The molecule has 0 fully saturated rings. The third kappa shape index (κ3) is 4.96. The minimum atomic E-state index is 0.773. The van der Waals surface area contributed by atoms with Gasteiger partial charge in [0, 0.05) is 11.8 Å². The van der Waals surface area contributed by atoms with Crippen molar-refractivity contribution in [3.8, 4) is 17.6 Å². The van der Waals surface area contributed by atoms with Crippen LogP contribution in [-0.4, -0.2) is 11.6 Å². The molecule has 2 heteroatoms. The highest BCUT2D eigenvalue weighted by molar-refractivity contribution is 5.42. The number of aromatic nitrogens is 1. The molecule has 0 aliphatic rings. The number of benzene rings is 1. The molecule has 108 valence electrons. The summed E-state index contributed by atoms with van der Waals surface area (Å²) in [6.45, 7) is 5.05. The Morgan fingerprint density at radius 2 is 1.81 bits per heavy atom. The molecule has 0 aliphatic carbocycles. The summed E-state index contributed by atoms with van der Waals surface area (Å²) in [5.74, 6) is 7.11. The minimum absolute atomic E-state index is 0.773. The van der Waals surface area contributed by atoms with Gasteiger partial charge in [-0.3, -0.25) is 0 Å². The summed E-state index contributed by atoms with van der Waals surface area (Å²) in [5, 5.41) is 0. The second kappa shape index (κ2) is 8.11. The van der Waals surface area contributed by atoms with Crippen molar-refractivity contribution in [3.05, 3.63) is 59.4 Å². The monoisotopic (exact) mass is 279 g/mol. The highest BCUT2D eigenvalue weighted by Crippen LogP contribution is 2.12. The lowest BCUT2D eigenvalue weighted by atomic mass is 10.2. The van der Waals surface area contributed by atoms with E-state index in [0.29, 0.717) is 0 Å². The number of unbranched alkanes of at least 4 members (excludes halogenated alkanes) is 1. The molecule has 2 rings (SSSR count). The van der Waals surface area contributed by atoms with Gasteiger partial charge in [-0.05, 0) is 54.7 Å². The zero-order valence-corrected chi connectivity index (χ0v) is 12.7. The first-order chi connectivity index (χ1) is 10.3. The molecule has 0 unspecified atom stereocenters. The van der Waals surface area contributed by atoms with E-state index in [2.05, 4.69) is 36.7 Å². The highest BCUT2D eigenvalue weighted by Gasteiger charge is 1.94. The Morgan fingerprint density at radius 3 is 2.43 bits per heavy atom. The van der Waals surface area contributed by atoms with Gasteiger partial charge in [-0.15, -0.1) is 0 Å². The summed E-state index contributed by atoms with van der Waals surface area (Å²) < 4.78 is 5.63. The summed E-state index contributed by atoms with van der Waals surface area (Å²) >= 11 is 0. The fourth-order valence-electron chi connectivity index (χ4n) is 1.81. The molecule has 0 aliphatic heterocycles. The van der Waals surface area contributed by atoms with E-state index in [-0.39, 0.29) is 0 Å². The molecule has 1 aromatic heterocycles. The molecule has 0 saturated carbocycles. The summed E-state index contributed by atoms with van der Waals surface area (Å²) in [5.41, 5.74) is 3.00. The molecule has 0 radical (unpaired) electrons. The fraction of sp³-hybridized carbons (Fsp3) is 0.316. The topological polar surface area (TPSA) is 22.1 Å². The van der Waals surface area contributed by atoms with Crippen LogP contribution in [0.4, 0.5) is 0 Å². The van der Waals surface area contributed by atoms with Crippen molar-refractivity contribution in [2.75, 3.05) is 6.61 Å². The van der Waals surface area contributed by atoms with E-state index in [0.717, 1.165) is 42.9 Å². The maximum Gasteiger partial charge on any atom is 0.119 e. The van der Waals surface area contributed by atoms with Crippen LogP contribution in [0.15, 0.2) is 42.6 Å². The van der Waals surface area contributed by atoms with E-state index >= 15 is 0 Å². The van der Waals surface area contributed by atoms with Gasteiger partial charge >= 0.3 is 0 Å². The van der Waals surface area contributed by atoms with Crippen LogP contribution in [0.3, 0.4) is 0 Å². The van der Waals surface area contributed by atoms with E-state index in [1.54, 1.807) is 0 Å². The predicted octanol–water partition coefficient (Wildman–Crippen LogP) is 4.22. The second-order valence-corrected chi connectivity index (χ2v) is 4.88. The van der Waals surface area contributed by atoms with Crippen LogP contribution in [0.1, 0.15) is 43.5 Å². The Balaban J connectivity index is 1.98. The van der Waals surface area contributed by atoms with Crippen LogP contribution in [0.2, 0.25) is 0 Å². The SMILES string of the molecule is CCCCOc1ccc(C#Cc2ccc(CC)cn2)cc1. The van der Waals surface area contributed by atoms with Crippen molar-refractivity contribution in [1.29, 1.82) is 0 Å². The predicted molar refractivity (Wildman–Crippen MR) is 86.4 cm³/mol. The van der Waals surface area contributed by atoms with Gasteiger partial charge in [-0.25, -0.2) is 4.98 Å². The Bertz CT molecular complexity index is 603. The molecular weight excluding hydrogens is 258 g/mol. The molecular formula is C19H21NO. The van der Waals surface area contributed by atoms with Crippen molar-refractivity contribution < 1.29 is 4.74 Å². The summed E-state index contributed by atoms with van der Waals surface area (Å²) in [6, 6.07) is 11.9. The van der Waals surface area contributed by atoms with Gasteiger partial charge in [0.1, 0.15) is 11.4 Å². The lowest BCUT2D eigenvalue weighted by Gasteiger charge is -2.04. The lowest BCUT2D eigenvalue weighted by Crippen LogP contribution is -1.95. The average molecular weight is 279 g/mol.